The van der Waals surface area contributed by atoms with Gasteiger partial charge in [0, 0.05) is 28.8 Å². The minimum Gasteiger partial charge on any atom is -0.487 e. The fraction of sp³-hybridized carbons (Fsp3) is 0.316. The van der Waals surface area contributed by atoms with Gasteiger partial charge in [-0.1, -0.05) is 18.5 Å². The van der Waals surface area contributed by atoms with Crippen LogP contribution in [0.15, 0.2) is 36.5 Å². The summed E-state index contributed by atoms with van der Waals surface area (Å²) in [7, 11) is 0. The minimum absolute atomic E-state index is 0. The molecular formula is C19H22Cl2N2O. The number of hydrogen-bond donors (Lipinski definition) is 0. The third kappa shape index (κ3) is 3.52. The lowest BCUT2D eigenvalue weighted by molar-refractivity contribution is 0.302. The maximum atomic E-state index is 5.91. The van der Waals surface area contributed by atoms with E-state index in [1.165, 1.54) is 22.2 Å². The normalized spacial score (nSPS) is 10.7. The molecule has 0 aliphatic rings. The predicted octanol–water partition coefficient (Wildman–Crippen LogP) is 5.72. The Morgan fingerprint density at radius 3 is 2.50 bits per heavy atom. The molecule has 0 radical (unpaired) electrons. The average Bonchev–Trinajstić information content (AvgIpc) is 2.80. The van der Waals surface area contributed by atoms with Gasteiger partial charge in [0.1, 0.15) is 18.1 Å². The summed E-state index contributed by atoms with van der Waals surface area (Å²) in [6, 6.07) is 9.52. The number of nitrogens with zero attached hydrogens (tertiary/aromatic N) is 2. The maximum absolute atomic E-state index is 5.91. The van der Waals surface area contributed by atoms with Crippen LogP contribution in [0, 0.1) is 13.8 Å². The monoisotopic (exact) mass is 364 g/mol. The molecule has 1 aromatic carbocycles. The van der Waals surface area contributed by atoms with E-state index < -0.39 is 0 Å². The molecule has 3 rings (SSSR count). The van der Waals surface area contributed by atoms with Crippen LogP contribution in [0.25, 0.3) is 10.9 Å². The molecule has 0 aliphatic heterocycles. The number of pyridine rings is 1. The number of halogens is 2. The second-order valence-corrected chi connectivity index (χ2v) is 6.19. The summed E-state index contributed by atoms with van der Waals surface area (Å²) in [5.41, 5.74) is 4.80. The molecule has 2 heterocycles. The van der Waals surface area contributed by atoms with Gasteiger partial charge < -0.3 is 9.30 Å². The molecule has 3 nitrogen and oxygen atoms in total. The van der Waals surface area contributed by atoms with Crippen molar-refractivity contribution in [3.8, 4) is 5.75 Å². The van der Waals surface area contributed by atoms with E-state index in [4.69, 9.17) is 16.3 Å². The topological polar surface area (TPSA) is 27.1 Å². The summed E-state index contributed by atoms with van der Waals surface area (Å²) >= 11 is 5.91. The largest absolute Gasteiger partial charge is 0.487 e. The molecule has 0 N–H and O–H groups in total. The van der Waals surface area contributed by atoms with Crippen molar-refractivity contribution in [3.63, 3.8) is 0 Å². The summed E-state index contributed by atoms with van der Waals surface area (Å²) in [6.45, 7) is 7.99. The molecule has 0 bridgehead atoms. The SMILES string of the molecule is CCCn1c(C)c(C)c2ccnc(COc3ccc(Cl)cc3)c21.Cl. The van der Waals surface area contributed by atoms with Gasteiger partial charge in [-0.05, 0) is 56.2 Å². The fourth-order valence-electron chi connectivity index (χ4n) is 2.96. The standard InChI is InChI=1S/C19H21ClN2O.ClH/c1-4-11-22-14(3)13(2)17-9-10-21-18(19(17)22)12-23-16-7-5-15(20)6-8-16;/h5-10H,4,11-12H2,1-3H3;1H. The third-order valence-electron chi connectivity index (χ3n) is 4.26. The molecule has 0 atom stereocenters. The zero-order valence-corrected chi connectivity index (χ0v) is 15.7. The van der Waals surface area contributed by atoms with E-state index in [-0.39, 0.29) is 12.4 Å². The van der Waals surface area contributed by atoms with Crippen molar-refractivity contribution in [1.29, 1.82) is 0 Å². The zero-order chi connectivity index (χ0) is 16.4. The first-order chi connectivity index (χ1) is 11.1. The molecule has 3 aromatic rings. The summed E-state index contributed by atoms with van der Waals surface area (Å²) in [5, 5.41) is 1.97. The molecule has 0 aliphatic carbocycles. The molecule has 0 spiro atoms. The van der Waals surface area contributed by atoms with Gasteiger partial charge in [-0.2, -0.15) is 0 Å². The quantitative estimate of drug-likeness (QED) is 0.578. The Hall–Kier alpha value is -1.71. The Labute approximate surface area is 154 Å². The highest BCUT2D eigenvalue weighted by Gasteiger charge is 2.15. The Bertz CT molecular complexity index is 825. The van der Waals surface area contributed by atoms with Gasteiger partial charge in [-0.3, -0.25) is 4.98 Å². The Kier molecular flexibility index (Phi) is 6.14. The van der Waals surface area contributed by atoms with Gasteiger partial charge >= 0.3 is 0 Å². The van der Waals surface area contributed by atoms with E-state index in [0.717, 1.165) is 24.4 Å². The summed E-state index contributed by atoms with van der Waals surface area (Å²) in [5.74, 6) is 0.801. The van der Waals surface area contributed by atoms with E-state index in [1.54, 1.807) is 0 Å². The summed E-state index contributed by atoms with van der Waals surface area (Å²) in [4.78, 5) is 4.56. The highest BCUT2D eigenvalue weighted by Crippen LogP contribution is 2.28. The molecule has 0 amide bonds. The molecule has 0 saturated carbocycles. The van der Waals surface area contributed by atoms with E-state index in [0.29, 0.717) is 11.6 Å². The van der Waals surface area contributed by atoms with Crippen LogP contribution in [0.2, 0.25) is 5.02 Å². The van der Waals surface area contributed by atoms with Gasteiger partial charge in [0.05, 0.1) is 5.52 Å². The number of ether oxygens (including phenoxy) is 1. The number of aromatic nitrogens is 2. The van der Waals surface area contributed by atoms with Crippen molar-refractivity contribution in [2.75, 3.05) is 0 Å². The molecule has 0 unspecified atom stereocenters. The number of benzene rings is 1. The van der Waals surface area contributed by atoms with E-state index in [2.05, 4.69) is 36.4 Å². The second-order valence-electron chi connectivity index (χ2n) is 5.76. The van der Waals surface area contributed by atoms with Gasteiger partial charge in [0.2, 0.25) is 0 Å². The van der Waals surface area contributed by atoms with E-state index in [1.807, 2.05) is 30.5 Å². The predicted molar refractivity (Wildman–Crippen MR) is 103 cm³/mol. The van der Waals surface area contributed by atoms with Crippen LogP contribution >= 0.6 is 24.0 Å². The number of hydrogen-bond acceptors (Lipinski definition) is 2. The number of aryl methyl sites for hydroxylation is 2. The molecule has 0 saturated heterocycles. The van der Waals surface area contributed by atoms with Crippen molar-refractivity contribution in [2.24, 2.45) is 0 Å². The van der Waals surface area contributed by atoms with Crippen LogP contribution in [-0.2, 0) is 13.2 Å². The first kappa shape index (κ1) is 18.6. The van der Waals surface area contributed by atoms with E-state index in [9.17, 15) is 0 Å². The first-order valence-electron chi connectivity index (χ1n) is 7.93. The highest BCUT2D eigenvalue weighted by molar-refractivity contribution is 6.30. The van der Waals surface area contributed by atoms with Crippen LogP contribution in [0.1, 0.15) is 30.3 Å². The van der Waals surface area contributed by atoms with Crippen molar-refractivity contribution >= 4 is 34.9 Å². The molecule has 0 fully saturated rings. The average molecular weight is 365 g/mol. The third-order valence-corrected chi connectivity index (χ3v) is 4.51. The Morgan fingerprint density at radius 1 is 1.12 bits per heavy atom. The van der Waals surface area contributed by atoms with Crippen LogP contribution < -0.4 is 4.74 Å². The van der Waals surface area contributed by atoms with Gasteiger partial charge in [0.15, 0.2) is 0 Å². The molecule has 128 valence electrons. The molecule has 2 aromatic heterocycles. The van der Waals surface area contributed by atoms with Crippen molar-refractivity contribution in [1.82, 2.24) is 9.55 Å². The first-order valence-corrected chi connectivity index (χ1v) is 8.31. The van der Waals surface area contributed by atoms with Crippen molar-refractivity contribution < 1.29 is 4.74 Å². The van der Waals surface area contributed by atoms with Crippen LogP contribution in [0.5, 0.6) is 5.75 Å². The van der Waals surface area contributed by atoms with Crippen molar-refractivity contribution in [2.45, 2.75) is 40.3 Å². The highest BCUT2D eigenvalue weighted by atomic mass is 35.5. The lowest BCUT2D eigenvalue weighted by Crippen LogP contribution is -2.05. The van der Waals surface area contributed by atoms with Crippen molar-refractivity contribution in [3.05, 3.63) is 58.5 Å². The fourth-order valence-corrected chi connectivity index (χ4v) is 3.08. The maximum Gasteiger partial charge on any atom is 0.132 e. The van der Waals surface area contributed by atoms with Crippen LogP contribution in [0.4, 0.5) is 0 Å². The lowest BCUT2D eigenvalue weighted by Gasteiger charge is -2.11. The molecule has 5 heteroatoms. The van der Waals surface area contributed by atoms with Gasteiger partial charge in [-0.15, -0.1) is 12.4 Å². The van der Waals surface area contributed by atoms with Crippen LogP contribution in [-0.4, -0.2) is 9.55 Å². The number of rotatable bonds is 5. The molecular weight excluding hydrogens is 343 g/mol. The number of fused-ring (bicyclic) bond motifs is 1. The second kappa shape index (κ2) is 7.91. The lowest BCUT2D eigenvalue weighted by atomic mass is 10.2. The van der Waals surface area contributed by atoms with Gasteiger partial charge in [0.25, 0.3) is 0 Å². The summed E-state index contributed by atoms with van der Waals surface area (Å²) < 4.78 is 8.26. The minimum atomic E-state index is 0. The summed E-state index contributed by atoms with van der Waals surface area (Å²) in [6.07, 6.45) is 2.96. The zero-order valence-electron chi connectivity index (χ0n) is 14.2. The van der Waals surface area contributed by atoms with E-state index >= 15 is 0 Å². The smallest absolute Gasteiger partial charge is 0.132 e. The Morgan fingerprint density at radius 2 is 1.83 bits per heavy atom. The van der Waals surface area contributed by atoms with Gasteiger partial charge in [-0.25, -0.2) is 0 Å². The molecule has 24 heavy (non-hydrogen) atoms. The van der Waals surface area contributed by atoms with Crippen LogP contribution in [0.3, 0.4) is 0 Å². The Balaban J connectivity index is 0.00000208.